The van der Waals surface area contributed by atoms with Gasteiger partial charge in [0.2, 0.25) is 0 Å². The summed E-state index contributed by atoms with van der Waals surface area (Å²) in [5.41, 5.74) is 0. The molecule has 0 aliphatic carbocycles. The Labute approximate surface area is 106 Å². The maximum atomic E-state index is 10.9. The van der Waals surface area contributed by atoms with Crippen LogP contribution in [0, 0.1) is 0 Å². The molecule has 0 saturated carbocycles. The Hall–Kier alpha value is 1.07. The molecule has 0 aromatic heterocycles. The average Bonchev–Trinajstić information content (AvgIpc) is 1.83. The van der Waals surface area contributed by atoms with Crippen molar-refractivity contribution < 1.29 is 39.8 Å². The molecule has 3 nitrogen and oxygen atoms in total. The summed E-state index contributed by atoms with van der Waals surface area (Å²) >= 11 is 16.2. The third-order valence-corrected chi connectivity index (χ3v) is 2.12. The Kier molecular flexibility index (Phi) is 4.93. The van der Waals surface area contributed by atoms with Gasteiger partial charge in [-0.15, -0.1) is 0 Å². The van der Waals surface area contributed by atoms with Gasteiger partial charge in [-0.2, -0.15) is 0 Å². The first-order chi connectivity index (χ1) is 4.93. The molecule has 0 amide bonds. The third-order valence-electron chi connectivity index (χ3n) is 1.07. The van der Waals surface area contributed by atoms with E-state index in [0.29, 0.717) is 0 Å². The van der Waals surface area contributed by atoms with E-state index in [9.17, 15) is 5.11 Å². The quantitative estimate of drug-likeness (QED) is 0.276. The summed E-state index contributed by atoms with van der Waals surface area (Å²) < 4.78 is 0. The van der Waals surface area contributed by atoms with E-state index < -0.39 is 5.91 Å². The van der Waals surface area contributed by atoms with Crippen LogP contribution in [-0.4, -0.2) is 11.0 Å². The van der Waals surface area contributed by atoms with Gasteiger partial charge in [0.1, 0.15) is 11.1 Å². The van der Waals surface area contributed by atoms with Crippen LogP contribution in [0.3, 0.4) is 0 Å². The standard InChI is InChI=1S/C5H3Cl3NO2.Na/c6-2-1-3(7)5(10,11)9-4(2)8;/h1,9-10H;/q-1;+1. The summed E-state index contributed by atoms with van der Waals surface area (Å²) in [4.78, 5) is 0. The van der Waals surface area contributed by atoms with Crippen molar-refractivity contribution in [2.24, 2.45) is 0 Å². The first-order valence-corrected chi connectivity index (χ1v) is 3.71. The maximum absolute atomic E-state index is 10.9. The van der Waals surface area contributed by atoms with Crippen molar-refractivity contribution >= 4 is 34.8 Å². The van der Waals surface area contributed by atoms with Crippen LogP contribution in [-0.2, 0) is 0 Å². The average molecular weight is 238 g/mol. The van der Waals surface area contributed by atoms with Crippen LogP contribution in [0.15, 0.2) is 21.3 Å². The molecule has 1 rings (SSSR count). The first kappa shape index (κ1) is 13.1. The van der Waals surface area contributed by atoms with Crippen molar-refractivity contribution in [2.45, 2.75) is 5.91 Å². The van der Waals surface area contributed by atoms with Gasteiger partial charge in [0.05, 0.1) is 10.1 Å². The van der Waals surface area contributed by atoms with Crippen LogP contribution in [0.2, 0.25) is 0 Å². The van der Waals surface area contributed by atoms with Crippen molar-refractivity contribution in [1.29, 1.82) is 0 Å². The second kappa shape index (κ2) is 4.53. The van der Waals surface area contributed by atoms with Gasteiger partial charge >= 0.3 is 29.6 Å². The van der Waals surface area contributed by atoms with Gasteiger partial charge in [-0.1, -0.05) is 34.8 Å². The van der Waals surface area contributed by atoms with E-state index in [1.54, 1.807) is 0 Å². The Balaban J connectivity index is 0.00000121. The summed E-state index contributed by atoms with van der Waals surface area (Å²) in [6, 6.07) is 0. The molecule has 0 radical (unpaired) electrons. The molecule has 0 spiro atoms. The first-order valence-electron chi connectivity index (χ1n) is 2.57. The topological polar surface area (TPSA) is 55.3 Å². The largest absolute Gasteiger partial charge is 1.00 e. The van der Waals surface area contributed by atoms with Gasteiger partial charge < -0.3 is 15.5 Å². The number of halogens is 3. The minimum Gasteiger partial charge on any atom is -0.808 e. The fraction of sp³-hybridized carbons (Fsp3) is 0.200. The zero-order valence-corrected chi connectivity index (χ0v) is 10.3. The van der Waals surface area contributed by atoms with E-state index in [4.69, 9.17) is 39.9 Å². The van der Waals surface area contributed by atoms with E-state index in [2.05, 4.69) is 0 Å². The second-order valence-electron chi connectivity index (χ2n) is 1.92. The van der Waals surface area contributed by atoms with Gasteiger partial charge in [0, 0.05) is 0 Å². The van der Waals surface area contributed by atoms with Crippen molar-refractivity contribution in [3.05, 3.63) is 21.3 Å². The zero-order valence-electron chi connectivity index (χ0n) is 6.07. The minimum atomic E-state index is -2.56. The SMILES string of the molecule is [Na+].[O-]C1(O)NC(Cl)=C(Cl)C=C1Cl. The molecule has 0 fully saturated rings. The maximum Gasteiger partial charge on any atom is 1.00 e. The number of aliphatic hydroxyl groups is 1. The number of nitrogens with one attached hydrogen (secondary N) is 1. The third kappa shape index (κ3) is 2.79. The summed E-state index contributed by atoms with van der Waals surface area (Å²) in [6.07, 6.45) is 1.09. The number of allylic oxidation sites excluding steroid dienone is 2. The van der Waals surface area contributed by atoms with Gasteiger partial charge in [-0.05, 0) is 6.08 Å². The Morgan fingerprint density at radius 2 is 1.92 bits per heavy atom. The molecule has 1 aliphatic heterocycles. The molecular weight excluding hydrogens is 235 g/mol. The molecule has 0 saturated heterocycles. The molecule has 1 atom stereocenters. The smallest absolute Gasteiger partial charge is 0.808 e. The molecule has 12 heavy (non-hydrogen) atoms. The number of hydrogen-bond acceptors (Lipinski definition) is 3. The van der Waals surface area contributed by atoms with Crippen molar-refractivity contribution in [1.82, 2.24) is 5.32 Å². The van der Waals surface area contributed by atoms with Crippen LogP contribution in [0.1, 0.15) is 0 Å². The summed E-state index contributed by atoms with van der Waals surface area (Å²) in [7, 11) is 0. The van der Waals surface area contributed by atoms with E-state index in [-0.39, 0.29) is 44.8 Å². The molecule has 1 aliphatic rings. The van der Waals surface area contributed by atoms with E-state index >= 15 is 0 Å². The van der Waals surface area contributed by atoms with Crippen LogP contribution in [0.5, 0.6) is 0 Å². The van der Waals surface area contributed by atoms with Crippen LogP contribution < -0.4 is 40.0 Å². The summed E-state index contributed by atoms with van der Waals surface area (Å²) in [5, 5.41) is 21.4. The molecule has 7 heteroatoms. The fourth-order valence-corrected chi connectivity index (χ4v) is 1.09. The zero-order chi connectivity index (χ0) is 8.65. The van der Waals surface area contributed by atoms with Gasteiger partial charge in [0.15, 0.2) is 0 Å². The molecule has 1 unspecified atom stereocenters. The molecule has 0 aromatic carbocycles. The molecule has 0 aromatic rings. The normalized spacial score (nSPS) is 28.9. The number of dihydropyridines is 1. The fourth-order valence-electron chi connectivity index (χ4n) is 0.541. The molecule has 1 heterocycles. The van der Waals surface area contributed by atoms with Crippen LogP contribution in [0.25, 0.3) is 0 Å². The van der Waals surface area contributed by atoms with Crippen molar-refractivity contribution in [3.8, 4) is 0 Å². The minimum absolute atomic E-state index is 0. The molecular formula is C5H3Cl3NNaO2. The van der Waals surface area contributed by atoms with Gasteiger partial charge in [-0.3, -0.25) is 0 Å². The summed E-state index contributed by atoms with van der Waals surface area (Å²) in [5.74, 6) is -2.56. The Morgan fingerprint density at radius 1 is 1.42 bits per heavy atom. The van der Waals surface area contributed by atoms with Gasteiger partial charge in [-0.25, -0.2) is 0 Å². The molecule has 62 valence electrons. The Bertz CT molecular complexity index is 251. The van der Waals surface area contributed by atoms with E-state index in [1.807, 2.05) is 5.32 Å². The molecule has 0 bridgehead atoms. The number of rotatable bonds is 0. The monoisotopic (exact) mass is 237 g/mol. The van der Waals surface area contributed by atoms with Crippen molar-refractivity contribution in [2.75, 3.05) is 0 Å². The van der Waals surface area contributed by atoms with Crippen molar-refractivity contribution in [3.63, 3.8) is 0 Å². The second-order valence-corrected chi connectivity index (χ2v) is 3.12. The predicted molar refractivity (Wildman–Crippen MR) is 40.8 cm³/mol. The predicted octanol–water partition coefficient (Wildman–Crippen LogP) is -2.63. The van der Waals surface area contributed by atoms with E-state index in [1.165, 1.54) is 0 Å². The molecule has 2 N–H and O–H groups in total. The Morgan fingerprint density at radius 3 is 2.33 bits per heavy atom. The number of hydrogen-bond donors (Lipinski definition) is 2. The summed E-state index contributed by atoms with van der Waals surface area (Å²) in [6.45, 7) is 0. The van der Waals surface area contributed by atoms with Gasteiger partial charge in [0.25, 0.3) is 0 Å². The van der Waals surface area contributed by atoms with E-state index in [0.717, 1.165) is 6.08 Å². The van der Waals surface area contributed by atoms with Crippen LogP contribution in [0.4, 0.5) is 0 Å². The van der Waals surface area contributed by atoms with Crippen LogP contribution >= 0.6 is 34.8 Å².